The van der Waals surface area contributed by atoms with E-state index in [4.69, 9.17) is 17.3 Å². The summed E-state index contributed by atoms with van der Waals surface area (Å²) in [5.74, 6) is 0. The van der Waals surface area contributed by atoms with Gasteiger partial charge in [0.05, 0.1) is 0 Å². The van der Waals surface area contributed by atoms with E-state index in [1.807, 2.05) is 6.92 Å². The molecular formula is C6H12ClN. The maximum Gasteiger partial charge on any atom is 0.0364 e. The zero-order valence-corrected chi connectivity index (χ0v) is 6.13. The molecule has 0 aromatic heterocycles. The fraction of sp³-hybridized carbons (Fsp3) is 0.667. The first-order valence-corrected chi connectivity index (χ1v) is 3.17. The lowest BCUT2D eigenvalue weighted by atomic mass is 10.3. The lowest BCUT2D eigenvalue weighted by molar-refractivity contribution is 0.930. The Morgan fingerprint density at radius 1 is 1.62 bits per heavy atom. The summed E-state index contributed by atoms with van der Waals surface area (Å²) < 4.78 is 0. The van der Waals surface area contributed by atoms with E-state index in [0.717, 1.165) is 23.6 Å². The van der Waals surface area contributed by atoms with Crippen LogP contribution in [-0.4, -0.2) is 0 Å². The van der Waals surface area contributed by atoms with Gasteiger partial charge in [-0.25, -0.2) is 0 Å². The topological polar surface area (TPSA) is 26.0 Å². The van der Waals surface area contributed by atoms with Gasteiger partial charge in [0.15, 0.2) is 0 Å². The standard InChI is InChI=1S/C6H12ClN/c1-3-4-6(7)5(2)8/h3-4,8H2,1-2H3/b6-5+. The van der Waals surface area contributed by atoms with E-state index in [-0.39, 0.29) is 0 Å². The summed E-state index contributed by atoms with van der Waals surface area (Å²) in [6.45, 7) is 3.89. The molecule has 8 heavy (non-hydrogen) atoms. The average molecular weight is 134 g/mol. The van der Waals surface area contributed by atoms with Crippen molar-refractivity contribution in [3.63, 3.8) is 0 Å². The molecule has 0 amide bonds. The van der Waals surface area contributed by atoms with E-state index in [9.17, 15) is 0 Å². The van der Waals surface area contributed by atoms with Gasteiger partial charge in [-0.1, -0.05) is 24.9 Å². The molecule has 0 unspecified atom stereocenters. The third-order valence-corrected chi connectivity index (χ3v) is 1.38. The summed E-state index contributed by atoms with van der Waals surface area (Å²) in [5.41, 5.74) is 6.11. The minimum atomic E-state index is 0.744. The Labute approximate surface area is 55.5 Å². The highest BCUT2D eigenvalue weighted by molar-refractivity contribution is 6.29. The average Bonchev–Trinajstić information content (AvgIpc) is 1.67. The van der Waals surface area contributed by atoms with Crippen LogP contribution in [0.15, 0.2) is 10.7 Å². The summed E-state index contributed by atoms with van der Waals surface area (Å²) in [5, 5.41) is 0.799. The fourth-order valence-corrected chi connectivity index (χ4v) is 0.606. The molecule has 0 aromatic carbocycles. The molecule has 0 aliphatic heterocycles. The van der Waals surface area contributed by atoms with E-state index < -0.39 is 0 Å². The van der Waals surface area contributed by atoms with Gasteiger partial charge in [0.25, 0.3) is 0 Å². The molecule has 0 heterocycles. The van der Waals surface area contributed by atoms with Gasteiger partial charge in [-0.15, -0.1) is 0 Å². The summed E-state index contributed by atoms with van der Waals surface area (Å²) in [4.78, 5) is 0. The van der Waals surface area contributed by atoms with E-state index in [1.54, 1.807) is 0 Å². The zero-order valence-electron chi connectivity index (χ0n) is 5.37. The molecule has 0 saturated carbocycles. The van der Waals surface area contributed by atoms with Crippen molar-refractivity contribution in [2.24, 2.45) is 5.73 Å². The Bertz CT molecular complexity index is 92.7. The number of hydrogen-bond acceptors (Lipinski definition) is 1. The van der Waals surface area contributed by atoms with Gasteiger partial charge in [-0.2, -0.15) is 0 Å². The molecule has 0 atom stereocenters. The molecule has 1 nitrogen and oxygen atoms in total. The summed E-state index contributed by atoms with van der Waals surface area (Å²) in [7, 11) is 0. The van der Waals surface area contributed by atoms with Crippen LogP contribution in [0.5, 0.6) is 0 Å². The van der Waals surface area contributed by atoms with Gasteiger partial charge >= 0.3 is 0 Å². The second-order valence-corrected chi connectivity index (χ2v) is 2.29. The monoisotopic (exact) mass is 133 g/mol. The quantitative estimate of drug-likeness (QED) is 0.614. The van der Waals surface area contributed by atoms with Crippen LogP contribution in [0.25, 0.3) is 0 Å². The zero-order chi connectivity index (χ0) is 6.57. The Morgan fingerprint density at radius 2 is 2.12 bits per heavy atom. The molecule has 0 spiro atoms. The van der Waals surface area contributed by atoms with Gasteiger partial charge in [0, 0.05) is 10.7 Å². The first-order valence-electron chi connectivity index (χ1n) is 2.79. The van der Waals surface area contributed by atoms with E-state index >= 15 is 0 Å². The van der Waals surface area contributed by atoms with Crippen LogP contribution in [0.3, 0.4) is 0 Å². The van der Waals surface area contributed by atoms with Crippen molar-refractivity contribution in [3.8, 4) is 0 Å². The van der Waals surface area contributed by atoms with Crippen molar-refractivity contribution in [2.45, 2.75) is 26.7 Å². The lowest BCUT2D eigenvalue weighted by Gasteiger charge is -1.95. The Kier molecular flexibility index (Phi) is 3.71. The summed E-state index contributed by atoms with van der Waals surface area (Å²) in [6.07, 6.45) is 1.97. The van der Waals surface area contributed by atoms with Crippen LogP contribution in [0, 0.1) is 0 Å². The van der Waals surface area contributed by atoms with Gasteiger partial charge in [0.1, 0.15) is 0 Å². The van der Waals surface area contributed by atoms with Gasteiger partial charge in [0.2, 0.25) is 0 Å². The number of rotatable bonds is 2. The fourth-order valence-electron chi connectivity index (χ4n) is 0.417. The van der Waals surface area contributed by atoms with Crippen molar-refractivity contribution in [1.29, 1.82) is 0 Å². The van der Waals surface area contributed by atoms with Crippen molar-refractivity contribution < 1.29 is 0 Å². The normalized spacial score (nSPS) is 13.4. The smallest absolute Gasteiger partial charge is 0.0364 e. The minimum Gasteiger partial charge on any atom is -0.401 e. The van der Waals surface area contributed by atoms with E-state index in [1.165, 1.54) is 0 Å². The number of allylic oxidation sites excluding steroid dienone is 2. The number of hydrogen-bond donors (Lipinski definition) is 1. The third kappa shape index (κ3) is 2.92. The molecule has 0 saturated heterocycles. The molecule has 0 aliphatic rings. The van der Waals surface area contributed by atoms with Crippen molar-refractivity contribution in [2.75, 3.05) is 0 Å². The lowest BCUT2D eigenvalue weighted by Crippen LogP contribution is -1.93. The second kappa shape index (κ2) is 3.79. The van der Waals surface area contributed by atoms with Crippen molar-refractivity contribution in [3.05, 3.63) is 10.7 Å². The Hall–Kier alpha value is -0.170. The van der Waals surface area contributed by atoms with Crippen LogP contribution in [0.2, 0.25) is 0 Å². The van der Waals surface area contributed by atoms with E-state index in [2.05, 4.69) is 6.92 Å². The molecule has 2 heteroatoms. The number of nitrogens with two attached hydrogens (primary N) is 1. The molecule has 0 aromatic rings. The molecule has 48 valence electrons. The highest BCUT2D eigenvalue weighted by Gasteiger charge is 1.90. The predicted octanol–water partition coefficient (Wildman–Crippen LogP) is 2.22. The molecule has 2 N–H and O–H groups in total. The predicted molar refractivity (Wildman–Crippen MR) is 37.6 cm³/mol. The Balaban J connectivity index is 3.62. The largest absolute Gasteiger partial charge is 0.401 e. The van der Waals surface area contributed by atoms with Crippen LogP contribution < -0.4 is 5.73 Å². The minimum absolute atomic E-state index is 0.744. The highest BCUT2D eigenvalue weighted by atomic mass is 35.5. The van der Waals surface area contributed by atoms with Crippen molar-refractivity contribution in [1.82, 2.24) is 0 Å². The molecular weight excluding hydrogens is 122 g/mol. The maximum absolute atomic E-state index is 5.67. The first kappa shape index (κ1) is 7.83. The molecule has 0 bridgehead atoms. The first-order chi connectivity index (χ1) is 3.68. The van der Waals surface area contributed by atoms with Gasteiger partial charge < -0.3 is 5.73 Å². The third-order valence-electron chi connectivity index (χ3n) is 0.897. The molecule has 0 fully saturated rings. The maximum atomic E-state index is 5.67. The van der Waals surface area contributed by atoms with Crippen molar-refractivity contribution >= 4 is 11.6 Å². The SMILES string of the molecule is CCC/C(Cl)=C(/C)N. The second-order valence-electron chi connectivity index (χ2n) is 1.84. The van der Waals surface area contributed by atoms with Crippen LogP contribution in [0.4, 0.5) is 0 Å². The Morgan fingerprint density at radius 3 is 2.25 bits per heavy atom. The molecule has 0 rings (SSSR count). The van der Waals surface area contributed by atoms with Crippen LogP contribution in [0.1, 0.15) is 26.7 Å². The van der Waals surface area contributed by atoms with E-state index in [0.29, 0.717) is 0 Å². The van der Waals surface area contributed by atoms with Gasteiger partial charge in [-0.05, 0) is 13.3 Å². The highest BCUT2D eigenvalue weighted by Crippen LogP contribution is 2.11. The molecule has 0 aliphatic carbocycles. The van der Waals surface area contributed by atoms with Crippen LogP contribution in [-0.2, 0) is 0 Å². The summed E-state index contributed by atoms with van der Waals surface area (Å²) >= 11 is 5.67. The molecule has 0 radical (unpaired) electrons. The van der Waals surface area contributed by atoms with Crippen LogP contribution >= 0.6 is 11.6 Å². The summed E-state index contributed by atoms with van der Waals surface area (Å²) in [6, 6.07) is 0. The van der Waals surface area contributed by atoms with Gasteiger partial charge in [-0.3, -0.25) is 0 Å². The number of halogens is 1.